The first-order valence-electron chi connectivity index (χ1n) is 7.75. The second-order valence-corrected chi connectivity index (χ2v) is 7.36. The first kappa shape index (κ1) is 17.4. The fourth-order valence-electron chi connectivity index (χ4n) is 2.94. The first-order valence-corrected chi connectivity index (χ1v) is 8.88. The van der Waals surface area contributed by atoms with Crippen LogP contribution in [-0.4, -0.2) is 11.6 Å². The predicted octanol–water partition coefficient (Wildman–Crippen LogP) is 5.93. The predicted molar refractivity (Wildman–Crippen MR) is 100 cm³/mol. The van der Waals surface area contributed by atoms with Crippen molar-refractivity contribution >= 4 is 46.5 Å². The lowest BCUT2D eigenvalue weighted by Crippen LogP contribution is -2.56. The summed E-state index contributed by atoms with van der Waals surface area (Å²) in [4.78, 5) is 12.4. The monoisotopic (exact) mass is 382 g/mol. The molecule has 24 heavy (non-hydrogen) atoms. The Balaban J connectivity index is 1.69. The van der Waals surface area contributed by atoms with E-state index in [1.165, 1.54) is 0 Å². The number of urea groups is 1. The number of rotatable bonds is 4. The Morgan fingerprint density at radius 3 is 2.42 bits per heavy atom. The molecule has 1 saturated carbocycles. The van der Waals surface area contributed by atoms with Gasteiger partial charge < -0.3 is 10.6 Å². The summed E-state index contributed by atoms with van der Waals surface area (Å²) in [5.74, 6) is 0. The van der Waals surface area contributed by atoms with Crippen molar-refractivity contribution in [2.75, 3.05) is 5.32 Å². The highest BCUT2D eigenvalue weighted by atomic mass is 35.5. The van der Waals surface area contributed by atoms with E-state index >= 15 is 0 Å². The zero-order valence-electron chi connectivity index (χ0n) is 12.9. The van der Waals surface area contributed by atoms with Crippen LogP contribution in [0.15, 0.2) is 42.5 Å². The summed E-state index contributed by atoms with van der Waals surface area (Å²) in [6.07, 6.45) is 3.60. The van der Waals surface area contributed by atoms with Crippen LogP contribution in [-0.2, 0) is 6.42 Å². The van der Waals surface area contributed by atoms with Gasteiger partial charge in [0.05, 0.1) is 10.7 Å². The molecule has 0 unspecified atom stereocenters. The molecule has 0 bridgehead atoms. The van der Waals surface area contributed by atoms with Crippen LogP contribution in [0.2, 0.25) is 15.1 Å². The van der Waals surface area contributed by atoms with Crippen molar-refractivity contribution in [1.82, 2.24) is 5.32 Å². The number of para-hydroxylation sites is 1. The Kier molecular flexibility index (Phi) is 5.24. The molecule has 3 nitrogen and oxygen atoms in total. The quantitative estimate of drug-likeness (QED) is 0.674. The zero-order valence-corrected chi connectivity index (χ0v) is 15.2. The average Bonchev–Trinajstić information content (AvgIpc) is 2.50. The van der Waals surface area contributed by atoms with Gasteiger partial charge in [-0.1, -0.05) is 53.0 Å². The third-order valence-corrected chi connectivity index (χ3v) is 5.27. The van der Waals surface area contributed by atoms with E-state index in [4.69, 9.17) is 34.8 Å². The summed E-state index contributed by atoms with van der Waals surface area (Å²) >= 11 is 18.3. The van der Waals surface area contributed by atoms with E-state index in [2.05, 4.69) is 10.6 Å². The molecule has 2 N–H and O–H groups in total. The van der Waals surface area contributed by atoms with Gasteiger partial charge in [-0.25, -0.2) is 4.79 Å². The highest BCUT2D eigenvalue weighted by Gasteiger charge is 2.39. The molecule has 2 amide bonds. The SMILES string of the molecule is O=C(Nc1ccccc1Cl)NC1(Cc2ccc(Cl)cc2Cl)CCC1. The lowest BCUT2D eigenvalue weighted by molar-refractivity contribution is 0.183. The second-order valence-electron chi connectivity index (χ2n) is 6.11. The van der Waals surface area contributed by atoms with Crippen LogP contribution in [0, 0.1) is 0 Å². The zero-order chi connectivity index (χ0) is 17.2. The van der Waals surface area contributed by atoms with Crippen LogP contribution in [0.1, 0.15) is 24.8 Å². The van der Waals surface area contributed by atoms with Gasteiger partial charge in [0.1, 0.15) is 0 Å². The van der Waals surface area contributed by atoms with E-state index in [1.54, 1.807) is 18.2 Å². The highest BCUT2D eigenvalue weighted by Crippen LogP contribution is 2.37. The number of carbonyl (C=O) groups is 1. The van der Waals surface area contributed by atoms with Crippen molar-refractivity contribution in [3.8, 4) is 0 Å². The summed E-state index contributed by atoms with van der Waals surface area (Å²) in [6.45, 7) is 0. The maximum atomic E-state index is 12.4. The van der Waals surface area contributed by atoms with Crippen molar-refractivity contribution in [3.63, 3.8) is 0 Å². The van der Waals surface area contributed by atoms with E-state index in [1.807, 2.05) is 24.3 Å². The van der Waals surface area contributed by atoms with Gasteiger partial charge in [0, 0.05) is 15.6 Å². The number of hydrogen-bond acceptors (Lipinski definition) is 1. The van der Waals surface area contributed by atoms with Crippen LogP contribution in [0.3, 0.4) is 0 Å². The summed E-state index contributed by atoms with van der Waals surface area (Å²) in [6, 6.07) is 12.4. The maximum Gasteiger partial charge on any atom is 0.319 e. The van der Waals surface area contributed by atoms with Gasteiger partial charge in [0.25, 0.3) is 0 Å². The Bertz CT molecular complexity index is 760. The number of hydrogen-bond donors (Lipinski definition) is 2. The Morgan fingerprint density at radius 1 is 1.04 bits per heavy atom. The largest absolute Gasteiger partial charge is 0.332 e. The number of amides is 2. The van der Waals surface area contributed by atoms with Crippen LogP contribution in [0.25, 0.3) is 0 Å². The van der Waals surface area contributed by atoms with Gasteiger partial charge in [-0.05, 0) is 55.5 Å². The van der Waals surface area contributed by atoms with Gasteiger partial charge in [-0.3, -0.25) is 0 Å². The van der Waals surface area contributed by atoms with Gasteiger partial charge in [-0.15, -0.1) is 0 Å². The smallest absolute Gasteiger partial charge is 0.319 e. The minimum absolute atomic E-state index is 0.257. The normalized spacial score (nSPS) is 15.5. The van der Waals surface area contributed by atoms with Crippen molar-refractivity contribution < 1.29 is 4.79 Å². The van der Waals surface area contributed by atoms with Crippen LogP contribution < -0.4 is 10.6 Å². The van der Waals surface area contributed by atoms with Crippen molar-refractivity contribution in [2.45, 2.75) is 31.2 Å². The van der Waals surface area contributed by atoms with Crippen LogP contribution in [0.5, 0.6) is 0 Å². The minimum Gasteiger partial charge on any atom is -0.332 e. The minimum atomic E-state index is -0.275. The van der Waals surface area contributed by atoms with Gasteiger partial charge in [-0.2, -0.15) is 0 Å². The van der Waals surface area contributed by atoms with E-state index in [0.717, 1.165) is 24.8 Å². The van der Waals surface area contributed by atoms with E-state index < -0.39 is 0 Å². The molecule has 1 fully saturated rings. The molecule has 0 heterocycles. The molecule has 0 aromatic heterocycles. The van der Waals surface area contributed by atoms with Gasteiger partial charge in [0.15, 0.2) is 0 Å². The number of carbonyl (C=O) groups excluding carboxylic acids is 1. The van der Waals surface area contributed by atoms with Crippen LogP contribution in [0.4, 0.5) is 10.5 Å². The third-order valence-electron chi connectivity index (χ3n) is 4.36. The molecular formula is C18H17Cl3N2O. The second kappa shape index (κ2) is 7.22. The molecule has 3 rings (SSSR count). The lowest BCUT2D eigenvalue weighted by Gasteiger charge is -2.43. The molecule has 126 valence electrons. The van der Waals surface area contributed by atoms with Gasteiger partial charge >= 0.3 is 6.03 Å². The summed E-state index contributed by atoms with van der Waals surface area (Å²) < 4.78 is 0. The fourth-order valence-corrected chi connectivity index (χ4v) is 3.59. The molecule has 1 aliphatic rings. The third kappa shape index (κ3) is 3.97. The van der Waals surface area contributed by atoms with Crippen molar-refractivity contribution in [2.24, 2.45) is 0 Å². The number of nitrogens with one attached hydrogen (secondary N) is 2. The maximum absolute atomic E-state index is 12.4. The Morgan fingerprint density at radius 2 is 1.79 bits per heavy atom. The molecule has 6 heteroatoms. The summed E-state index contributed by atoms with van der Waals surface area (Å²) in [5.41, 5.74) is 1.30. The Labute approximate surface area is 156 Å². The number of benzene rings is 2. The fraction of sp³-hybridized carbons (Fsp3) is 0.278. The van der Waals surface area contributed by atoms with Crippen molar-refractivity contribution in [3.05, 3.63) is 63.1 Å². The number of halogens is 3. The Hall–Kier alpha value is -1.42. The topological polar surface area (TPSA) is 41.1 Å². The number of anilines is 1. The standard InChI is InChI=1S/C18H17Cl3N2O/c19-13-7-6-12(15(21)10-13)11-18(8-3-9-18)23-17(24)22-16-5-2-1-4-14(16)20/h1-2,4-7,10H,3,8-9,11H2,(H2,22,23,24). The molecule has 0 spiro atoms. The average molecular weight is 384 g/mol. The molecular weight excluding hydrogens is 367 g/mol. The first-order chi connectivity index (χ1) is 11.5. The van der Waals surface area contributed by atoms with E-state index in [0.29, 0.717) is 27.2 Å². The molecule has 2 aromatic rings. The molecule has 0 radical (unpaired) electrons. The molecule has 0 aliphatic heterocycles. The van der Waals surface area contributed by atoms with Crippen LogP contribution >= 0.6 is 34.8 Å². The summed E-state index contributed by atoms with van der Waals surface area (Å²) in [7, 11) is 0. The molecule has 0 saturated heterocycles. The van der Waals surface area contributed by atoms with E-state index in [-0.39, 0.29) is 11.6 Å². The molecule has 2 aromatic carbocycles. The van der Waals surface area contributed by atoms with Gasteiger partial charge in [0.2, 0.25) is 0 Å². The molecule has 1 aliphatic carbocycles. The van der Waals surface area contributed by atoms with E-state index in [9.17, 15) is 4.79 Å². The molecule has 0 atom stereocenters. The lowest BCUT2D eigenvalue weighted by atomic mass is 9.73. The highest BCUT2D eigenvalue weighted by molar-refractivity contribution is 6.35. The van der Waals surface area contributed by atoms with Crippen molar-refractivity contribution in [1.29, 1.82) is 0 Å². The summed E-state index contributed by atoms with van der Waals surface area (Å²) in [5, 5.41) is 7.65.